The fourth-order valence-corrected chi connectivity index (χ4v) is 6.89. The molecule has 10 nitrogen and oxygen atoms in total. The van der Waals surface area contributed by atoms with E-state index in [0.717, 1.165) is 17.7 Å². The standard InChI is InChI=1S/C27H21FN6O4S2/c1-16-9-18(5-7-20(16)28)13-30-26(35)21-11-22(32-15-31-21)27(36)33-23-14-34(40(37,38)25-3-2-8-39-25)24-10-17(12-29)4-6-19(23)24/h2-11,15,23H,13-14H2,1H3,(H,30,35)(H,33,36)/t23-/m0/s1. The van der Waals surface area contributed by atoms with Gasteiger partial charge >= 0.3 is 0 Å². The quantitative estimate of drug-likeness (QED) is 0.343. The Balaban J connectivity index is 1.34. The number of nitriles is 1. The van der Waals surface area contributed by atoms with Crippen LogP contribution in [-0.4, -0.2) is 36.7 Å². The number of hydrogen-bond acceptors (Lipinski definition) is 8. The summed E-state index contributed by atoms with van der Waals surface area (Å²) in [6.07, 6.45) is 1.08. The second kappa shape index (κ2) is 10.8. The maximum atomic E-state index is 13.5. The number of hydrogen-bond donors (Lipinski definition) is 2. The monoisotopic (exact) mass is 576 g/mol. The van der Waals surface area contributed by atoms with Crippen LogP contribution in [0, 0.1) is 24.1 Å². The average molecular weight is 577 g/mol. The van der Waals surface area contributed by atoms with Gasteiger partial charge in [-0.15, -0.1) is 11.3 Å². The van der Waals surface area contributed by atoms with Gasteiger partial charge < -0.3 is 10.6 Å². The zero-order chi connectivity index (χ0) is 28.4. The number of fused-ring (bicyclic) bond motifs is 1. The summed E-state index contributed by atoms with van der Waals surface area (Å²) in [5.74, 6) is -1.53. The predicted octanol–water partition coefficient (Wildman–Crippen LogP) is 3.47. The van der Waals surface area contributed by atoms with Crippen molar-refractivity contribution in [2.75, 3.05) is 10.8 Å². The van der Waals surface area contributed by atoms with Gasteiger partial charge in [0, 0.05) is 18.2 Å². The lowest BCUT2D eigenvalue weighted by Gasteiger charge is -2.19. The topological polar surface area (TPSA) is 145 Å². The van der Waals surface area contributed by atoms with Crippen molar-refractivity contribution in [1.82, 2.24) is 20.6 Å². The summed E-state index contributed by atoms with van der Waals surface area (Å²) in [5.41, 5.74) is 2.11. The van der Waals surface area contributed by atoms with Crippen LogP contribution in [0.25, 0.3) is 0 Å². The molecule has 0 bridgehead atoms. The largest absolute Gasteiger partial charge is 0.347 e. The number of carbonyl (C=O) groups excluding carboxylic acids is 2. The molecular formula is C27H21FN6O4S2. The van der Waals surface area contributed by atoms with E-state index in [1.54, 1.807) is 42.6 Å². The van der Waals surface area contributed by atoms with Gasteiger partial charge in [0.25, 0.3) is 21.8 Å². The Bertz CT molecular complexity index is 1770. The van der Waals surface area contributed by atoms with Crippen molar-refractivity contribution in [3.63, 3.8) is 0 Å². The van der Waals surface area contributed by atoms with Crippen LogP contribution in [0.15, 0.2) is 70.5 Å². The summed E-state index contributed by atoms with van der Waals surface area (Å²) < 4.78 is 41.5. The van der Waals surface area contributed by atoms with Gasteiger partial charge in [0.1, 0.15) is 27.7 Å². The molecule has 3 heterocycles. The Labute approximate surface area is 233 Å². The number of thiophene rings is 1. The van der Waals surface area contributed by atoms with Gasteiger partial charge in [-0.2, -0.15) is 5.26 Å². The number of carbonyl (C=O) groups is 2. The maximum absolute atomic E-state index is 13.5. The molecule has 2 aromatic carbocycles. The van der Waals surface area contributed by atoms with E-state index in [9.17, 15) is 27.7 Å². The lowest BCUT2D eigenvalue weighted by Crippen LogP contribution is -2.35. The molecule has 2 amide bonds. The van der Waals surface area contributed by atoms with Gasteiger partial charge in [0.2, 0.25) is 0 Å². The number of aryl methyl sites for hydroxylation is 1. The van der Waals surface area contributed by atoms with Crippen molar-refractivity contribution in [3.8, 4) is 6.07 Å². The second-order valence-corrected chi connectivity index (χ2v) is 12.0. The van der Waals surface area contributed by atoms with E-state index in [0.29, 0.717) is 22.4 Å². The number of nitrogens with one attached hydrogen (secondary N) is 2. The van der Waals surface area contributed by atoms with Crippen molar-refractivity contribution in [2.24, 2.45) is 0 Å². The zero-order valence-electron chi connectivity index (χ0n) is 21.0. The van der Waals surface area contributed by atoms with Crippen LogP contribution in [0.4, 0.5) is 10.1 Å². The zero-order valence-corrected chi connectivity index (χ0v) is 22.6. The molecule has 40 heavy (non-hydrogen) atoms. The minimum atomic E-state index is -3.93. The highest BCUT2D eigenvalue weighted by Crippen LogP contribution is 2.40. The van der Waals surface area contributed by atoms with Crippen LogP contribution in [-0.2, 0) is 16.6 Å². The third kappa shape index (κ3) is 5.27. The number of rotatable bonds is 7. The fraction of sp³-hybridized carbons (Fsp3) is 0.148. The predicted molar refractivity (Wildman–Crippen MR) is 145 cm³/mol. The first-order chi connectivity index (χ1) is 19.2. The summed E-state index contributed by atoms with van der Waals surface area (Å²) in [6.45, 7) is 1.66. The van der Waals surface area contributed by atoms with Crippen LogP contribution in [0.3, 0.4) is 0 Å². The molecule has 1 aliphatic rings. The molecule has 0 saturated carbocycles. The van der Waals surface area contributed by atoms with Gasteiger partial charge in [-0.1, -0.05) is 24.3 Å². The third-order valence-corrected chi connectivity index (χ3v) is 9.46. The Kier molecular flexibility index (Phi) is 7.29. The fourth-order valence-electron chi connectivity index (χ4n) is 4.28. The SMILES string of the molecule is Cc1cc(CNC(=O)c2cc(C(=O)N[C@H]3CN(S(=O)(=O)c4cccs4)c4cc(C#N)ccc43)ncn2)ccc1F. The highest BCUT2D eigenvalue weighted by Gasteiger charge is 2.38. The number of nitrogens with zero attached hydrogens (tertiary/aromatic N) is 4. The maximum Gasteiger partial charge on any atom is 0.273 e. The first kappa shape index (κ1) is 26.9. The molecule has 2 aromatic heterocycles. The van der Waals surface area contributed by atoms with Crippen LogP contribution in [0.1, 0.15) is 49.3 Å². The molecule has 4 aromatic rings. The first-order valence-electron chi connectivity index (χ1n) is 11.9. The van der Waals surface area contributed by atoms with Gasteiger partial charge in [-0.25, -0.2) is 22.8 Å². The highest BCUT2D eigenvalue weighted by molar-refractivity contribution is 7.94. The van der Waals surface area contributed by atoms with Crippen LogP contribution in [0.5, 0.6) is 0 Å². The van der Waals surface area contributed by atoms with E-state index in [4.69, 9.17) is 0 Å². The molecule has 0 saturated heterocycles. The number of sulfonamides is 1. The molecule has 1 atom stereocenters. The molecule has 0 aliphatic carbocycles. The number of aromatic nitrogens is 2. The molecule has 2 N–H and O–H groups in total. The Morgan fingerprint density at radius 2 is 1.90 bits per heavy atom. The molecule has 13 heteroatoms. The summed E-state index contributed by atoms with van der Waals surface area (Å²) >= 11 is 1.07. The van der Waals surface area contributed by atoms with Crippen LogP contribution < -0.4 is 14.9 Å². The highest BCUT2D eigenvalue weighted by atomic mass is 32.2. The molecule has 1 aliphatic heterocycles. The number of anilines is 1. The van der Waals surface area contributed by atoms with E-state index in [2.05, 4.69) is 20.6 Å². The Hall–Kier alpha value is -4.67. The summed E-state index contributed by atoms with van der Waals surface area (Å²) in [6, 6.07) is 14.8. The van der Waals surface area contributed by atoms with Crippen LogP contribution in [0.2, 0.25) is 0 Å². The summed E-state index contributed by atoms with van der Waals surface area (Å²) in [5, 5.41) is 16.5. The van der Waals surface area contributed by atoms with Crippen molar-refractivity contribution in [1.29, 1.82) is 5.26 Å². The van der Waals surface area contributed by atoms with E-state index in [-0.39, 0.29) is 40.1 Å². The number of amides is 2. The molecule has 5 rings (SSSR count). The summed E-state index contributed by atoms with van der Waals surface area (Å²) in [4.78, 5) is 33.8. The summed E-state index contributed by atoms with van der Waals surface area (Å²) in [7, 11) is -3.93. The first-order valence-corrected chi connectivity index (χ1v) is 14.3. The third-order valence-electron chi connectivity index (χ3n) is 6.30. The van der Waals surface area contributed by atoms with Gasteiger partial charge in [0.15, 0.2) is 0 Å². The molecule has 202 valence electrons. The van der Waals surface area contributed by atoms with E-state index < -0.39 is 27.9 Å². The minimum absolute atomic E-state index is 0.0497. The van der Waals surface area contributed by atoms with Crippen molar-refractivity contribution >= 4 is 38.9 Å². The Morgan fingerprint density at radius 1 is 1.12 bits per heavy atom. The molecule has 0 spiro atoms. The van der Waals surface area contributed by atoms with Gasteiger partial charge in [-0.3, -0.25) is 13.9 Å². The van der Waals surface area contributed by atoms with E-state index >= 15 is 0 Å². The molecular weight excluding hydrogens is 555 g/mol. The Morgan fingerprint density at radius 3 is 2.60 bits per heavy atom. The molecule has 0 fully saturated rings. The lowest BCUT2D eigenvalue weighted by atomic mass is 10.1. The smallest absolute Gasteiger partial charge is 0.273 e. The lowest BCUT2D eigenvalue weighted by molar-refractivity contribution is 0.0934. The van der Waals surface area contributed by atoms with Crippen LogP contribution >= 0.6 is 11.3 Å². The van der Waals surface area contributed by atoms with E-state index in [1.165, 1.54) is 28.6 Å². The minimum Gasteiger partial charge on any atom is -0.347 e. The average Bonchev–Trinajstić information content (AvgIpc) is 3.63. The van der Waals surface area contributed by atoms with E-state index in [1.807, 2.05) is 6.07 Å². The normalized spacial score (nSPS) is 14.3. The number of benzene rings is 2. The molecule has 0 radical (unpaired) electrons. The second-order valence-electron chi connectivity index (χ2n) is 8.93. The van der Waals surface area contributed by atoms with Gasteiger partial charge in [0.05, 0.1) is 29.9 Å². The van der Waals surface area contributed by atoms with Gasteiger partial charge in [-0.05, 0) is 47.7 Å². The molecule has 0 unspecified atom stereocenters. The van der Waals surface area contributed by atoms with Crippen molar-refractivity contribution < 1.29 is 22.4 Å². The van der Waals surface area contributed by atoms with Crippen molar-refractivity contribution in [3.05, 3.63) is 106 Å². The van der Waals surface area contributed by atoms with Crippen molar-refractivity contribution in [2.45, 2.75) is 23.7 Å². The number of halogens is 1.